The van der Waals surface area contributed by atoms with Gasteiger partial charge < -0.3 is 9.84 Å². The number of ether oxygens (including phenoxy) is 1. The van der Waals surface area contributed by atoms with Gasteiger partial charge in [-0.2, -0.15) is 15.4 Å². The van der Waals surface area contributed by atoms with E-state index in [0.717, 1.165) is 6.42 Å². The third-order valence-corrected chi connectivity index (χ3v) is 1.60. The van der Waals surface area contributed by atoms with E-state index >= 15 is 0 Å². The second-order valence-electron chi connectivity index (χ2n) is 2.55. The van der Waals surface area contributed by atoms with Crippen molar-refractivity contribution < 1.29 is 9.84 Å². The molecule has 0 bridgehead atoms. The predicted molar refractivity (Wildman–Crippen MR) is 42.5 cm³/mol. The van der Waals surface area contributed by atoms with Crippen LogP contribution in [0.15, 0.2) is 6.20 Å². The Bertz CT molecular complexity index is 200. The Morgan fingerprint density at radius 2 is 2.58 bits per heavy atom. The molecule has 1 aromatic rings. The van der Waals surface area contributed by atoms with Crippen LogP contribution in [0.25, 0.3) is 0 Å². The molecule has 0 aliphatic rings. The number of nitrogens with zero attached hydrogens (tertiary/aromatic N) is 2. The molecule has 0 amide bonds. The molecule has 0 saturated carbocycles. The first kappa shape index (κ1) is 9.15. The van der Waals surface area contributed by atoms with Crippen LogP contribution < -0.4 is 0 Å². The highest BCUT2D eigenvalue weighted by Gasteiger charge is 2.08. The van der Waals surface area contributed by atoms with Crippen molar-refractivity contribution in [2.75, 3.05) is 13.7 Å². The van der Waals surface area contributed by atoms with E-state index in [4.69, 9.17) is 4.74 Å². The SMILES string of the molecule is COCCCC(O)c1cn[nH]n1. The summed E-state index contributed by atoms with van der Waals surface area (Å²) in [6.07, 6.45) is 2.47. The monoisotopic (exact) mass is 171 g/mol. The van der Waals surface area contributed by atoms with Gasteiger partial charge in [0.05, 0.1) is 12.3 Å². The van der Waals surface area contributed by atoms with E-state index in [0.29, 0.717) is 18.7 Å². The van der Waals surface area contributed by atoms with Crippen molar-refractivity contribution >= 4 is 0 Å². The molecule has 1 atom stereocenters. The molecule has 5 nitrogen and oxygen atoms in total. The fourth-order valence-electron chi connectivity index (χ4n) is 0.940. The largest absolute Gasteiger partial charge is 0.387 e. The van der Waals surface area contributed by atoms with Crippen molar-refractivity contribution in [1.29, 1.82) is 0 Å². The Labute approximate surface area is 70.7 Å². The first-order valence-corrected chi connectivity index (χ1v) is 3.87. The minimum absolute atomic E-state index is 0.529. The Hall–Kier alpha value is -0.940. The second-order valence-corrected chi connectivity index (χ2v) is 2.55. The van der Waals surface area contributed by atoms with Gasteiger partial charge in [0.15, 0.2) is 0 Å². The highest BCUT2D eigenvalue weighted by Crippen LogP contribution is 2.13. The Morgan fingerprint density at radius 3 is 3.17 bits per heavy atom. The van der Waals surface area contributed by atoms with E-state index in [2.05, 4.69) is 15.4 Å². The molecule has 0 radical (unpaired) electrons. The zero-order chi connectivity index (χ0) is 8.81. The maximum atomic E-state index is 9.46. The molecule has 0 aliphatic heterocycles. The summed E-state index contributed by atoms with van der Waals surface area (Å²) in [6.45, 7) is 0.662. The number of hydrogen-bond acceptors (Lipinski definition) is 4. The minimum Gasteiger partial charge on any atom is -0.387 e. The molecule has 0 aromatic carbocycles. The van der Waals surface area contributed by atoms with Crippen LogP contribution in [0.5, 0.6) is 0 Å². The summed E-state index contributed by atoms with van der Waals surface area (Å²) in [5.41, 5.74) is 0.589. The van der Waals surface area contributed by atoms with Crippen LogP contribution >= 0.6 is 0 Å². The summed E-state index contributed by atoms with van der Waals surface area (Å²) in [4.78, 5) is 0. The topological polar surface area (TPSA) is 71.0 Å². The number of nitrogens with one attached hydrogen (secondary N) is 1. The average Bonchev–Trinajstić information content (AvgIpc) is 2.56. The average molecular weight is 171 g/mol. The molecule has 1 rings (SSSR count). The quantitative estimate of drug-likeness (QED) is 0.623. The molecule has 5 heteroatoms. The zero-order valence-corrected chi connectivity index (χ0v) is 7.03. The number of hydrogen-bond donors (Lipinski definition) is 2. The number of aromatic nitrogens is 3. The molecule has 0 saturated heterocycles. The molecule has 1 heterocycles. The molecular weight excluding hydrogens is 158 g/mol. The molecule has 1 aromatic heterocycles. The van der Waals surface area contributed by atoms with Crippen LogP contribution in [0, 0.1) is 0 Å². The van der Waals surface area contributed by atoms with Crippen LogP contribution in [-0.4, -0.2) is 34.2 Å². The van der Waals surface area contributed by atoms with E-state index in [1.807, 2.05) is 0 Å². The lowest BCUT2D eigenvalue weighted by Gasteiger charge is -2.05. The van der Waals surface area contributed by atoms with Crippen LogP contribution in [0.2, 0.25) is 0 Å². The normalized spacial score (nSPS) is 13.2. The molecule has 0 spiro atoms. The van der Waals surface area contributed by atoms with E-state index in [-0.39, 0.29) is 0 Å². The molecular formula is C7H13N3O2. The fraction of sp³-hybridized carbons (Fsp3) is 0.714. The van der Waals surface area contributed by atoms with Crippen LogP contribution in [0.3, 0.4) is 0 Å². The van der Waals surface area contributed by atoms with Gasteiger partial charge in [0.25, 0.3) is 0 Å². The number of H-pyrrole nitrogens is 1. The van der Waals surface area contributed by atoms with E-state index in [1.54, 1.807) is 7.11 Å². The van der Waals surface area contributed by atoms with Crippen molar-refractivity contribution in [2.45, 2.75) is 18.9 Å². The fourth-order valence-corrected chi connectivity index (χ4v) is 0.940. The maximum Gasteiger partial charge on any atom is 0.111 e. The lowest BCUT2D eigenvalue weighted by atomic mass is 10.1. The van der Waals surface area contributed by atoms with Gasteiger partial charge in [-0.05, 0) is 12.8 Å². The van der Waals surface area contributed by atoms with Gasteiger partial charge in [-0.25, -0.2) is 0 Å². The van der Waals surface area contributed by atoms with Gasteiger partial charge in [0.1, 0.15) is 5.69 Å². The lowest BCUT2D eigenvalue weighted by molar-refractivity contribution is 0.133. The predicted octanol–water partition coefficient (Wildman–Crippen LogP) is 0.265. The summed E-state index contributed by atoms with van der Waals surface area (Å²) < 4.78 is 4.85. The van der Waals surface area contributed by atoms with Gasteiger partial charge in [0, 0.05) is 13.7 Å². The van der Waals surface area contributed by atoms with Crippen molar-refractivity contribution in [1.82, 2.24) is 15.4 Å². The van der Waals surface area contributed by atoms with Gasteiger partial charge in [0.2, 0.25) is 0 Å². The van der Waals surface area contributed by atoms with Crippen LogP contribution in [0.1, 0.15) is 24.6 Å². The van der Waals surface area contributed by atoms with Gasteiger partial charge in [-0.15, -0.1) is 0 Å². The standard InChI is InChI=1S/C7H13N3O2/c1-12-4-2-3-7(11)6-5-8-10-9-6/h5,7,11H,2-4H2,1H3,(H,8,9,10). The van der Waals surface area contributed by atoms with Crippen molar-refractivity contribution in [3.8, 4) is 0 Å². The van der Waals surface area contributed by atoms with E-state index < -0.39 is 6.10 Å². The highest BCUT2D eigenvalue weighted by molar-refractivity contribution is 4.95. The number of rotatable bonds is 5. The smallest absolute Gasteiger partial charge is 0.111 e. The van der Waals surface area contributed by atoms with Crippen LogP contribution in [-0.2, 0) is 4.74 Å². The third-order valence-electron chi connectivity index (χ3n) is 1.60. The van der Waals surface area contributed by atoms with Crippen molar-refractivity contribution in [2.24, 2.45) is 0 Å². The Balaban J connectivity index is 2.25. The molecule has 0 aliphatic carbocycles. The van der Waals surface area contributed by atoms with Gasteiger partial charge >= 0.3 is 0 Å². The Kier molecular flexibility index (Phi) is 3.69. The summed E-state index contributed by atoms with van der Waals surface area (Å²) in [5, 5.41) is 19.3. The van der Waals surface area contributed by atoms with E-state index in [9.17, 15) is 5.11 Å². The van der Waals surface area contributed by atoms with Crippen molar-refractivity contribution in [3.05, 3.63) is 11.9 Å². The summed E-state index contributed by atoms with van der Waals surface area (Å²) in [5.74, 6) is 0. The summed E-state index contributed by atoms with van der Waals surface area (Å²) >= 11 is 0. The van der Waals surface area contributed by atoms with E-state index in [1.165, 1.54) is 6.20 Å². The minimum atomic E-state index is -0.529. The van der Waals surface area contributed by atoms with Crippen LogP contribution in [0.4, 0.5) is 0 Å². The number of aliphatic hydroxyl groups excluding tert-OH is 1. The summed E-state index contributed by atoms with van der Waals surface area (Å²) in [7, 11) is 1.64. The molecule has 1 unspecified atom stereocenters. The Morgan fingerprint density at radius 1 is 1.75 bits per heavy atom. The first-order valence-electron chi connectivity index (χ1n) is 3.87. The molecule has 0 fully saturated rings. The summed E-state index contributed by atoms with van der Waals surface area (Å²) in [6, 6.07) is 0. The zero-order valence-electron chi connectivity index (χ0n) is 7.03. The highest BCUT2D eigenvalue weighted by atomic mass is 16.5. The molecule has 2 N–H and O–H groups in total. The van der Waals surface area contributed by atoms with Crippen molar-refractivity contribution in [3.63, 3.8) is 0 Å². The van der Waals surface area contributed by atoms with Gasteiger partial charge in [-0.1, -0.05) is 0 Å². The van der Waals surface area contributed by atoms with Gasteiger partial charge in [-0.3, -0.25) is 0 Å². The third kappa shape index (κ3) is 2.60. The number of aromatic amines is 1. The number of aliphatic hydroxyl groups is 1. The lowest BCUT2D eigenvalue weighted by Crippen LogP contribution is -2.00. The number of methoxy groups -OCH3 is 1. The molecule has 68 valence electrons. The first-order chi connectivity index (χ1) is 5.84. The molecule has 12 heavy (non-hydrogen) atoms. The maximum absolute atomic E-state index is 9.46. The second kappa shape index (κ2) is 4.84.